The molecule has 0 saturated carbocycles. The highest BCUT2D eigenvalue weighted by Gasteiger charge is 1.98. The van der Waals surface area contributed by atoms with Gasteiger partial charge in [0.1, 0.15) is 0 Å². The number of rotatable bonds is 32. The normalized spacial score (nSPS) is 10.1. The van der Waals surface area contributed by atoms with Crippen LogP contribution >= 0.6 is 0 Å². The Morgan fingerprint density at radius 3 is 0.568 bits per heavy atom. The van der Waals surface area contributed by atoms with E-state index >= 15 is 0 Å². The molecular formula is C40H84O4. The molecule has 0 heterocycles. The van der Waals surface area contributed by atoms with Crippen molar-refractivity contribution < 1.29 is 19.8 Å². The van der Waals surface area contributed by atoms with Gasteiger partial charge in [0, 0.05) is 12.8 Å². The van der Waals surface area contributed by atoms with Crippen LogP contribution in [0, 0.1) is 0 Å². The van der Waals surface area contributed by atoms with Gasteiger partial charge in [-0.05, 0) is 12.8 Å². The zero-order valence-corrected chi connectivity index (χ0v) is 31.3. The molecule has 0 aliphatic rings. The van der Waals surface area contributed by atoms with Gasteiger partial charge in [0.15, 0.2) is 0 Å². The summed E-state index contributed by atoms with van der Waals surface area (Å²) in [5.74, 6) is -1.31. The topological polar surface area (TPSA) is 74.6 Å². The largest absolute Gasteiger partial charge is 0.481 e. The molecule has 0 aliphatic heterocycles. The molecule has 4 heteroatoms. The van der Waals surface area contributed by atoms with Crippen molar-refractivity contribution in [3.8, 4) is 0 Å². The predicted molar refractivity (Wildman–Crippen MR) is 197 cm³/mol. The minimum atomic E-state index is -0.653. The number of unbranched alkanes of at least 4 members (excludes halogenated alkanes) is 28. The minimum absolute atomic E-state index is 0.345. The van der Waals surface area contributed by atoms with Gasteiger partial charge in [-0.2, -0.15) is 0 Å². The smallest absolute Gasteiger partial charge is 0.303 e. The maximum atomic E-state index is 10.3. The SMILES string of the molecule is CC.CC.CCCCCCCCCCCCCCCCCC(=O)O.CCCCCCCCCCCCCCCCCC(=O)O. The highest BCUT2D eigenvalue weighted by molar-refractivity contribution is 5.66. The van der Waals surface area contributed by atoms with Crippen LogP contribution in [-0.2, 0) is 9.59 Å². The summed E-state index contributed by atoms with van der Waals surface area (Å²) in [7, 11) is 0. The molecule has 0 rings (SSSR count). The lowest BCUT2D eigenvalue weighted by Crippen LogP contribution is -1.93. The second-order valence-corrected chi connectivity index (χ2v) is 12.2. The fourth-order valence-electron chi connectivity index (χ4n) is 5.30. The van der Waals surface area contributed by atoms with Crippen molar-refractivity contribution in [3.05, 3.63) is 0 Å². The summed E-state index contributed by atoms with van der Waals surface area (Å²) in [6.45, 7) is 12.5. The minimum Gasteiger partial charge on any atom is -0.481 e. The van der Waals surface area contributed by atoms with Crippen LogP contribution in [-0.4, -0.2) is 22.2 Å². The van der Waals surface area contributed by atoms with Gasteiger partial charge in [-0.25, -0.2) is 0 Å². The van der Waals surface area contributed by atoms with E-state index in [2.05, 4.69) is 13.8 Å². The Hall–Kier alpha value is -1.06. The van der Waals surface area contributed by atoms with E-state index in [0.29, 0.717) is 12.8 Å². The van der Waals surface area contributed by atoms with Crippen molar-refractivity contribution in [2.45, 2.75) is 247 Å². The summed E-state index contributed by atoms with van der Waals surface area (Å²) < 4.78 is 0. The maximum Gasteiger partial charge on any atom is 0.303 e. The molecule has 0 aromatic rings. The van der Waals surface area contributed by atoms with Crippen molar-refractivity contribution in [2.75, 3.05) is 0 Å². The quantitative estimate of drug-likeness (QED) is 0.0727. The van der Waals surface area contributed by atoms with Crippen LogP contribution in [0.4, 0.5) is 0 Å². The number of aliphatic carboxylic acids is 2. The molecule has 2 N–H and O–H groups in total. The van der Waals surface area contributed by atoms with Crippen molar-refractivity contribution in [2.24, 2.45) is 0 Å². The average Bonchev–Trinajstić information content (AvgIpc) is 3.03. The summed E-state index contributed by atoms with van der Waals surface area (Å²) >= 11 is 0. The number of hydrogen-bond donors (Lipinski definition) is 2. The van der Waals surface area contributed by atoms with Crippen molar-refractivity contribution in [1.82, 2.24) is 0 Å². The van der Waals surface area contributed by atoms with Gasteiger partial charge in [0.25, 0.3) is 0 Å². The Balaban J connectivity index is -0.000000326. The lowest BCUT2D eigenvalue weighted by atomic mass is 10.0. The summed E-state index contributed by atoms with van der Waals surface area (Å²) in [4.78, 5) is 20.7. The van der Waals surface area contributed by atoms with E-state index in [-0.39, 0.29) is 0 Å². The average molecular weight is 629 g/mol. The van der Waals surface area contributed by atoms with Crippen molar-refractivity contribution in [1.29, 1.82) is 0 Å². The van der Waals surface area contributed by atoms with Crippen LogP contribution in [0.25, 0.3) is 0 Å². The maximum absolute atomic E-state index is 10.3. The van der Waals surface area contributed by atoms with Gasteiger partial charge in [0.2, 0.25) is 0 Å². The number of carboxylic acid groups (broad SMARTS) is 2. The van der Waals surface area contributed by atoms with Gasteiger partial charge in [-0.1, -0.05) is 221 Å². The second-order valence-electron chi connectivity index (χ2n) is 12.2. The van der Waals surface area contributed by atoms with Gasteiger partial charge in [0.05, 0.1) is 0 Å². The molecular weight excluding hydrogens is 544 g/mol. The van der Waals surface area contributed by atoms with Crippen LogP contribution < -0.4 is 0 Å². The Morgan fingerprint density at radius 2 is 0.432 bits per heavy atom. The van der Waals surface area contributed by atoms with Crippen LogP contribution in [0.15, 0.2) is 0 Å². The number of hydrogen-bond acceptors (Lipinski definition) is 2. The van der Waals surface area contributed by atoms with E-state index in [1.807, 2.05) is 27.7 Å². The standard InChI is InChI=1S/2C18H36O2.2C2H6/c2*1-2-3-4-5-6-7-8-9-10-11-12-13-14-15-16-17-18(19)20;2*1-2/h2*2-17H2,1H3,(H,19,20);2*1-2H3. The molecule has 0 radical (unpaired) electrons. The van der Waals surface area contributed by atoms with Crippen molar-refractivity contribution >= 4 is 11.9 Å². The highest BCUT2D eigenvalue weighted by atomic mass is 16.4. The molecule has 0 spiro atoms. The Morgan fingerprint density at radius 1 is 0.295 bits per heavy atom. The molecule has 0 amide bonds. The first-order valence-corrected chi connectivity index (χ1v) is 20.0. The summed E-state index contributed by atoms with van der Waals surface area (Å²) in [5, 5.41) is 17.0. The van der Waals surface area contributed by atoms with Gasteiger partial charge >= 0.3 is 11.9 Å². The molecule has 0 fully saturated rings. The van der Waals surface area contributed by atoms with Crippen LogP contribution in [0.3, 0.4) is 0 Å². The van der Waals surface area contributed by atoms with E-state index in [1.54, 1.807) is 0 Å². The van der Waals surface area contributed by atoms with E-state index in [9.17, 15) is 9.59 Å². The molecule has 0 bridgehead atoms. The van der Waals surface area contributed by atoms with Gasteiger partial charge in [-0.3, -0.25) is 9.59 Å². The molecule has 0 aromatic heterocycles. The summed E-state index contributed by atoms with van der Waals surface area (Å²) in [6, 6.07) is 0. The fraction of sp³-hybridized carbons (Fsp3) is 0.950. The lowest BCUT2D eigenvalue weighted by molar-refractivity contribution is -0.138. The van der Waals surface area contributed by atoms with Gasteiger partial charge in [-0.15, -0.1) is 0 Å². The first-order valence-electron chi connectivity index (χ1n) is 20.0. The Bertz CT molecular complexity index is 448. The molecule has 0 unspecified atom stereocenters. The molecule has 0 atom stereocenters. The first-order chi connectivity index (χ1) is 21.5. The molecule has 0 aliphatic carbocycles. The Labute approximate surface area is 278 Å². The summed E-state index contributed by atoms with van der Waals surface area (Å²) in [6.07, 6.45) is 40.4. The summed E-state index contributed by atoms with van der Waals surface area (Å²) in [5.41, 5.74) is 0. The third-order valence-corrected chi connectivity index (χ3v) is 7.99. The number of carbonyl (C=O) groups is 2. The van der Waals surface area contributed by atoms with Crippen LogP contribution in [0.5, 0.6) is 0 Å². The molecule has 4 nitrogen and oxygen atoms in total. The number of carboxylic acids is 2. The molecule has 268 valence electrons. The zero-order valence-electron chi connectivity index (χ0n) is 31.3. The lowest BCUT2D eigenvalue weighted by Gasteiger charge is -2.03. The third kappa shape index (κ3) is 60.2. The molecule has 44 heavy (non-hydrogen) atoms. The van der Waals surface area contributed by atoms with Crippen LogP contribution in [0.2, 0.25) is 0 Å². The van der Waals surface area contributed by atoms with E-state index in [0.717, 1.165) is 25.7 Å². The first kappa shape index (κ1) is 49.8. The van der Waals surface area contributed by atoms with Crippen LogP contribution in [0.1, 0.15) is 247 Å². The monoisotopic (exact) mass is 629 g/mol. The predicted octanol–water partition coefficient (Wildman–Crippen LogP) is 14.7. The van der Waals surface area contributed by atoms with E-state index in [1.165, 1.54) is 167 Å². The zero-order chi connectivity index (χ0) is 33.8. The molecule has 0 aromatic carbocycles. The van der Waals surface area contributed by atoms with Gasteiger partial charge < -0.3 is 10.2 Å². The highest BCUT2D eigenvalue weighted by Crippen LogP contribution is 2.15. The van der Waals surface area contributed by atoms with Crippen molar-refractivity contribution in [3.63, 3.8) is 0 Å². The van der Waals surface area contributed by atoms with E-state index in [4.69, 9.17) is 10.2 Å². The third-order valence-electron chi connectivity index (χ3n) is 7.99. The fourth-order valence-corrected chi connectivity index (χ4v) is 5.30. The van der Waals surface area contributed by atoms with E-state index < -0.39 is 11.9 Å². The Kier molecular flexibility index (Phi) is 58.3. The second kappa shape index (κ2) is 51.5. The molecule has 0 saturated heterocycles.